The summed E-state index contributed by atoms with van der Waals surface area (Å²) in [6, 6.07) is 1.69. The summed E-state index contributed by atoms with van der Waals surface area (Å²) in [5, 5.41) is 5.10. The van der Waals surface area contributed by atoms with Gasteiger partial charge in [-0.2, -0.15) is 0 Å². The number of nitrogens with one attached hydrogen (secondary N) is 1. The van der Waals surface area contributed by atoms with Gasteiger partial charge in [-0.15, -0.1) is 11.3 Å². The lowest BCUT2D eigenvalue weighted by atomic mass is 10.1. The van der Waals surface area contributed by atoms with Crippen LogP contribution in [0.2, 0.25) is 0 Å². The van der Waals surface area contributed by atoms with Crippen molar-refractivity contribution in [2.45, 2.75) is 39.0 Å². The molecule has 0 bridgehead atoms. The van der Waals surface area contributed by atoms with E-state index in [9.17, 15) is 9.59 Å². The molecule has 0 radical (unpaired) electrons. The summed E-state index contributed by atoms with van der Waals surface area (Å²) in [7, 11) is 1.31. The van der Waals surface area contributed by atoms with Crippen molar-refractivity contribution < 1.29 is 19.1 Å². The Hall–Kier alpha value is -1.40. The first kappa shape index (κ1) is 18.6. The fraction of sp³-hybridized carbons (Fsp3) is 0.625. The quantitative estimate of drug-likeness (QED) is 0.363. The third kappa shape index (κ3) is 7.56. The number of ketones is 1. The van der Waals surface area contributed by atoms with Gasteiger partial charge in [0.1, 0.15) is 5.75 Å². The molecular weight excluding hydrogens is 302 g/mol. The van der Waals surface area contributed by atoms with E-state index in [1.54, 1.807) is 11.4 Å². The van der Waals surface area contributed by atoms with Crippen molar-refractivity contribution in [3.05, 3.63) is 16.3 Å². The molecule has 124 valence electrons. The molecule has 0 aliphatic rings. The predicted molar refractivity (Wildman–Crippen MR) is 87.8 cm³/mol. The standard InChI is InChI=1S/C16H25NO4S/c1-3-4-8-17-9-6-5-7-14(18)15-10-13(12-22-15)21-11-16(19)20-2/h10,12,17H,3-9,11H2,1-2H3. The van der Waals surface area contributed by atoms with Crippen LogP contribution >= 0.6 is 11.3 Å². The first-order valence-electron chi connectivity index (χ1n) is 7.69. The number of hydrogen-bond acceptors (Lipinski definition) is 6. The van der Waals surface area contributed by atoms with Gasteiger partial charge in [0, 0.05) is 17.9 Å². The number of Topliss-reactive ketones (excluding diaryl/α,β-unsaturated/α-hetero) is 1. The monoisotopic (exact) mass is 327 g/mol. The van der Waals surface area contributed by atoms with Gasteiger partial charge in [0.15, 0.2) is 12.4 Å². The molecule has 0 aliphatic carbocycles. The normalized spacial score (nSPS) is 10.5. The van der Waals surface area contributed by atoms with Crippen LogP contribution in [0, 0.1) is 0 Å². The first-order valence-corrected chi connectivity index (χ1v) is 8.57. The van der Waals surface area contributed by atoms with E-state index >= 15 is 0 Å². The van der Waals surface area contributed by atoms with Crippen LogP contribution in [0.25, 0.3) is 0 Å². The summed E-state index contributed by atoms with van der Waals surface area (Å²) in [6.07, 6.45) is 4.83. The van der Waals surface area contributed by atoms with Gasteiger partial charge < -0.3 is 14.8 Å². The number of ether oxygens (including phenoxy) is 2. The van der Waals surface area contributed by atoms with Gasteiger partial charge in [-0.1, -0.05) is 13.3 Å². The zero-order valence-corrected chi connectivity index (χ0v) is 14.2. The molecule has 6 heteroatoms. The summed E-state index contributed by atoms with van der Waals surface area (Å²) in [5.74, 6) is 0.237. The van der Waals surface area contributed by atoms with E-state index in [-0.39, 0.29) is 12.4 Å². The van der Waals surface area contributed by atoms with Gasteiger partial charge in [0.25, 0.3) is 0 Å². The van der Waals surface area contributed by atoms with Gasteiger partial charge in [-0.25, -0.2) is 4.79 Å². The summed E-state index contributed by atoms with van der Waals surface area (Å²) in [4.78, 5) is 23.7. The maximum absolute atomic E-state index is 12.0. The zero-order valence-electron chi connectivity index (χ0n) is 13.4. The second-order valence-corrected chi connectivity index (χ2v) is 5.91. The van der Waals surface area contributed by atoms with Gasteiger partial charge in [-0.3, -0.25) is 4.79 Å². The van der Waals surface area contributed by atoms with Crippen molar-refractivity contribution >= 4 is 23.1 Å². The van der Waals surface area contributed by atoms with Crippen LogP contribution in [0.15, 0.2) is 11.4 Å². The number of thiophene rings is 1. The topological polar surface area (TPSA) is 64.6 Å². The zero-order chi connectivity index (χ0) is 16.2. The van der Waals surface area contributed by atoms with Crippen LogP contribution in [0.1, 0.15) is 48.7 Å². The Kier molecular flexibility index (Phi) is 9.50. The number of carbonyl (C=O) groups excluding carboxylic acids is 2. The van der Waals surface area contributed by atoms with E-state index < -0.39 is 5.97 Å². The number of hydrogen-bond donors (Lipinski definition) is 1. The molecule has 1 N–H and O–H groups in total. The number of rotatable bonds is 12. The Morgan fingerprint density at radius 2 is 2.00 bits per heavy atom. The number of unbranched alkanes of at least 4 members (excludes halogenated alkanes) is 2. The molecule has 0 fully saturated rings. The van der Waals surface area contributed by atoms with Crippen molar-refractivity contribution in [3.63, 3.8) is 0 Å². The molecule has 0 aliphatic heterocycles. The Balaban J connectivity index is 2.20. The molecule has 0 unspecified atom stereocenters. The van der Waals surface area contributed by atoms with Crippen molar-refractivity contribution in [1.29, 1.82) is 0 Å². The number of esters is 1. The van der Waals surface area contributed by atoms with Gasteiger partial charge in [0.2, 0.25) is 0 Å². The maximum atomic E-state index is 12.0. The summed E-state index contributed by atoms with van der Waals surface area (Å²) >= 11 is 1.35. The van der Waals surface area contributed by atoms with Crippen LogP contribution in [0.5, 0.6) is 5.75 Å². The molecule has 0 saturated carbocycles. The molecule has 5 nitrogen and oxygen atoms in total. The molecular formula is C16H25NO4S. The van der Waals surface area contributed by atoms with Crippen molar-refractivity contribution in [2.24, 2.45) is 0 Å². The second kappa shape index (κ2) is 11.2. The molecule has 1 heterocycles. The van der Waals surface area contributed by atoms with E-state index in [1.807, 2.05) is 0 Å². The Labute approximate surface area is 136 Å². The average molecular weight is 327 g/mol. The molecule has 0 saturated heterocycles. The highest BCUT2D eigenvalue weighted by Gasteiger charge is 2.10. The molecule has 0 spiro atoms. The fourth-order valence-electron chi connectivity index (χ4n) is 1.83. The summed E-state index contributed by atoms with van der Waals surface area (Å²) in [5.41, 5.74) is 0. The fourth-order valence-corrected chi connectivity index (χ4v) is 2.62. The molecule has 22 heavy (non-hydrogen) atoms. The molecule has 0 amide bonds. The lowest BCUT2D eigenvalue weighted by molar-refractivity contribution is -0.142. The molecule has 1 aromatic rings. The Bertz CT molecular complexity index is 459. The Morgan fingerprint density at radius 1 is 1.23 bits per heavy atom. The van der Waals surface area contributed by atoms with Crippen LogP contribution in [-0.4, -0.2) is 38.6 Å². The molecule has 1 aromatic heterocycles. The minimum atomic E-state index is -0.436. The predicted octanol–water partition coefficient (Wildman–Crippen LogP) is 3.04. The van der Waals surface area contributed by atoms with E-state index in [2.05, 4.69) is 17.0 Å². The molecule has 0 atom stereocenters. The van der Waals surface area contributed by atoms with E-state index in [0.29, 0.717) is 17.0 Å². The lowest BCUT2D eigenvalue weighted by Crippen LogP contribution is -2.16. The highest BCUT2D eigenvalue weighted by Crippen LogP contribution is 2.23. The van der Waals surface area contributed by atoms with E-state index in [1.165, 1.54) is 31.3 Å². The first-order chi connectivity index (χ1) is 10.7. The van der Waals surface area contributed by atoms with Crippen molar-refractivity contribution in [1.82, 2.24) is 5.32 Å². The second-order valence-electron chi connectivity index (χ2n) is 5.00. The largest absolute Gasteiger partial charge is 0.481 e. The SMILES string of the molecule is CCCCNCCCCC(=O)c1cc(OCC(=O)OC)cs1. The lowest BCUT2D eigenvalue weighted by Gasteiger charge is -2.03. The maximum Gasteiger partial charge on any atom is 0.343 e. The minimum absolute atomic E-state index is 0.131. The van der Waals surface area contributed by atoms with E-state index in [0.717, 1.165) is 25.9 Å². The van der Waals surface area contributed by atoms with Gasteiger partial charge in [0.05, 0.1) is 12.0 Å². The third-order valence-electron chi connectivity index (χ3n) is 3.15. The molecule has 0 aromatic carbocycles. The van der Waals surface area contributed by atoms with Gasteiger partial charge in [-0.05, 0) is 32.4 Å². The highest BCUT2D eigenvalue weighted by atomic mass is 32.1. The van der Waals surface area contributed by atoms with Crippen molar-refractivity contribution in [2.75, 3.05) is 26.8 Å². The highest BCUT2D eigenvalue weighted by molar-refractivity contribution is 7.12. The smallest absolute Gasteiger partial charge is 0.343 e. The third-order valence-corrected chi connectivity index (χ3v) is 4.10. The number of carbonyl (C=O) groups is 2. The van der Waals surface area contributed by atoms with E-state index in [4.69, 9.17) is 4.74 Å². The van der Waals surface area contributed by atoms with Gasteiger partial charge >= 0.3 is 5.97 Å². The average Bonchev–Trinajstić information content (AvgIpc) is 3.00. The van der Waals surface area contributed by atoms with Crippen molar-refractivity contribution in [3.8, 4) is 5.75 Å². The van der Waals surface area contributed by atoms with Crippen LogP contribution in [0.4, 0.5) is 0 Å². The van der Waals surface area contributed by atoms with Crippen LogP contribution < -0.4 is 10.1 Å². The minimum Gasteiger partial charge on any atom is -0.481 e. The Morgan fingerprint density at radius 3 is 2.73 bits per heavy atom. The molecule has 1 rings (SSSR count). The number of methoxy groups -OCH3 is 1. The summed E-state index contributed by atoms with van der Waals surface area (Å²) < 4.78 is 9.74. The van der Waals surface area contributed by atoms with Crippen LogP contribution in [0.3, 0.4) is 0 Å². The summed E-state index contributed by atoms with van der Waals surface area (Å²) in [6.45, 7) is 4.05. The van der Waals surface area contributed by atoms with Crippen LogP contribution in [-0.2, 0) is 9.53 Å².